The number of hydrogen-bond acceptors (Lipinski definition) is 3. The second-order valence-electron chi connectivity index (χ2n) is 4.96. The molecule has 3 unspecified atom stereocenters. The van der Waals surface area contributed by atoms with Crippen LogP contribution in [0.15, 0.2) is 0 Å². The first-order chi connectivity index (χ1) is 8.54. The van der Waals surface area contributed by atoms with Gasteiger partial charge >= 0.3 is 5.97 Å². The Morgan fingerprint density at radius 3 is 2.67 bits per heavy atom. The van der Waals surface area contributed by atoms with E-state index in [4.69, 9.17) is 9.84 Å². The lowest BCUT2D eigenvalue weighted by Gasteiger charge is -2.24. The second kappa shape index (κ2) is 7.36. The van der Waals surface area contributed by atoms with Gasteiger partial charge in [-0.1, -0.05) is 20.3 Å². The largest absolute Gasteiger partial charge is 0.480 e. The van der Waals surface area contributed by atoms with Crippen molar-refractivity contribution in [1.29, 1.82) is 0 Å². The summed E-state index contributed by atoms with van der Waals surface area (Å²) < 4.78 is 5.47. The predicted octanol–water partition coefficient (Wildman–Crippen LogP) is 1.56. The Morgan fingerprint density at radius 2 is 2.17 bits per heavy atom. The van der Waals surface area contributed by atoms with E-state index >= 15 is 0 Å². The lowest BCUT2D eigenvalue weighted by molar-refractivity contribution is -0.144. The van der Waals surface area contributed by atoms with Crippen LogP contribution < -0.4 is 5.32 Å². The van der Waals surface area contributed by atoms with Crippen molar-refractivity contribution in [2.45, 2.75) is 58.1 Å². The highest BCUT2D eigenvalue weighted by Gasteiger charge is 2.26. The summed E-state index contributed by atoms with van der Waals surface area (Å²) in [5, 5.41) is 11.7. The standard InChI is InChI=1S/C13H23NO4/c1-3-9(2)12(13(16)17)14-11(15)8-10-6-4-5-7-18-10/h9-10,12H,3-8H2,1-2H3,(H,14,15)(H,16,17). The Hall–Kier alpha value is -1.10. The number of carboxylic acid groups (broad SMARTS) is 1. The molecule has 2 N–H and O–H groups in total. The number of carbonyl (C=O) groups is 2. The van der Waals surface area contributed by atoms with Crippen molar-refractivity contribution in [3.05, 3.63) is 0 Å². The zero-order chi connectivity index (χ0) is 13.5. The molecule has 0 aliphatic carbocycles. The van der Waals surface area contributed by atoms with Gasteiger partial charge < -0.3 is 15.2 Å². The molecule has 5 heteroatoms. The van der Waals surface area contributed by atoms with Crippen molar-refractivity contribution in [2.75, 3.05) is 6.61 Å². The lowest BCUT2D eigenvalue weighted by Crippen LogP contribution is -2.46. The van der Waals surface area contributed by atoms with E-state index in [1.807, 2.05) is 13.8 Å². The van der Waals surface area contributed by atoms with Gasteiger partial charge in [0.05, 0.1) is 12.5 Å². The van der Waals surface area contributed by atoms with Crippen molar-refractivity contribution in [3.8, 4) is 0 Å². The zero-order valence-corrected chi connectivity index (χ0v) is 11.1. The highest BCUT2D eigenvalue weighted by molar-refractivity contribution is 5.83. The van der Waals surface area contributed by atoms with Crippen molar-refractivity contribution >= 4 is 11.9 Å². The number of carbonyl (C=O) groups excluding carboxylic acids is 1. The van der Waals surface area contributed by atoms with Crippen LogP contribution in [0.2, 0.25) is 0 Å². The third-order valence-electron chi connectivity index (χ3n) is 3.48. The SMILES string of the molecule is CCC(C)C(NC(=O)CC1CCCCO1)C(=O)O. The number of ether oxygens (including phenoxy) is 1. The third-order valence-corrected chi connectivity index (χ3v) is 3.48. The number of hydrogen-bond donors (Lipinski definition) is 2. The van der Waals surface area contributed by atoms with Crippen LogP contribution in [0, 0.1) is 5.92 Å². The molecule has 5 nitrogen and oxygen atoms in total. The first-order valence-electron chi connectivity index (χ1n) is 6.68. The maximum Gasteiger partial charge on any atom is 0.326 e. The summed E-state index contributed by atoms with van der Waals surface area (Å²) in [6, 6.07) is -0.800. The summed E-state index contributed by atoms with van der Waals surface area (Å²) in [5.41, 5.74) is 0. The molecule has 0 aromatic carbocycles. The first-order valence-corrected chi connectivity index (χ1v) is 6.68. The molecule has 1 rings (SSSR count). The molecule has 3 atom stereocenters. The minimum atomic E-state index is -0.970. The molecule has 104 valence electrons. The van der Waals surface area contributed by atoms with Gasteiger partial charge in [-0.15, -0.1) is 0 Å². The molecule has 0 radical (unpaired) electrons. The van der Waals surface area contributed by atoms with E-state index in [1.165, 1.54) is 0 Å². The topological polar surface area (TPSA) is 75.6 Å². The van der Waals surface area contributed by atoms with Gasteiger partial charge in [0.15, 0.2) is 0 Å². The average molecular weight is 257 g/mol. The van der Waals surface area contributed by atoms with Gasteiger partial charge in [-0.3, -0.25) is 4.79 Å². The summed E-state index contributed by atoms with van der Waals surface area (Å²) >= 11 is 0. The minimum Gasteiger partial charge on any atom is -0.480 e. The van der Waals surface area contributed by atoms with Crippen molar-refractivity contribution in [2.24, 2.45) is 5.92 Å². The molecule has 1 amide bonds. The van der Waals surface area contributed by atoms with Crippen LogP contribution in [0.25, 0.3) is 0 Å². The maximum absolute atomic E-state index is 11.8. The molecule has 0 saturated carbocycles. The Balaban J connectivity index is 2.42. The molecule has 0 aromatic rings. The van der Waals surface area contributed by atoms with E-state index in [-0.39, 0.29) is 24.3 Å². The summed E-state index contributed by atoms with van der Waals surface area (Å²) in [5.74, 6) is -1.27. The number of aliphatic carboxylic acids is 1. The van der Waals surface area contributed by atoms with Crippen LogP contribution in [-0.2, 0) is 14.3 Å². The quantitative estimate of drug-likeness (QED) is 0.757. The molecular weight excluding hydrogens is 234 g/mol. The van der Waals surface area contributed by atoms with E-state index in [2.05, 4.69) is 5.32 Å². The van der Waals surface area contributed by atoms with E-state index in [0.29, 0.717) is 6.61 Å². The number of rotatable bonds is 6. The van der Waals surface area contributed by atoms with Gasteiger partial charge in [-0.05, 0) is 25.2 Å². The molecule has 0 aromatic heterocycles. The molecule has 1 aliphatic rings. The molecular formula is C13H23NO4. The van der Waals surface area contributed by atoms with Crippen molar-refractivity contribution in [1.82, 2.24) is 5.32 Å². The monoisotopic (exact) mass is 257 g/mol. The summed E-state index contributed by atoms with van der Waals surface area (Å²) in [7, 11) is 0. The molecule has 0 bridgehead atoms. The van der Waals surface area contributed by atoms with E-state index in [1.54, 1.807) is 0 Å². The van der Waals surface area contributed by atoms with Crippen LogP contribution in [0.4, 0.5) is 0 Å². The summed E-state index contributed by atoms with van der Waals surface area (Å²) in [6.45, 7) is 4.44. The van der Waals surface area contributed by atoms with Gasteiger partial charge in [0.2, 0.25) is 5.91 Å². The fraction of sp³-hybridized carbons (Fsp3) is 0.846. The summed E-state index contributed by atoms with van der Waals surface area (Å²) in [6.07, 6.45) is 3.94. The van der Waals surface area contributed by atoms with E-state index < -0.39 is 12.0 Å². The Labute approximate surface area is 108 Å². The smallest absolute Gasteiger partial charge is 0.326 e. The van der Waals surface area contributed by atoms with Gasteiger partial charge in [0, 0.05) is 6.61 Å². The van der Waals surface area contributed by atoms with Crippen LogP contribution in [-0.4, -0.2) is 35.7 Å². The highest BCUT2D eigenvalue weighted by Crippen LogP contribution is 2.16. The fourth-order valence-electron chi connectivity index (χ4n) is 2.09. The van der Waals surface area contributed by atoms with Crippen LogP contribution in [0.5, 0.6) is 0 Å². The van der Waals surface area contributed by atoms with Crippen LogP contribution in [0.3, 0.4) is 0 Å². The Bertz CT molecular complexity index is 287. The van der Waals surface area contributed by atoms with Crippen molar-refractivity contribution < 1.29 is 19.4 Å². The summed E-state index contributed by atoms with van der Waals surface area (Å²) in [4.78, 5) is 22.9. The van der Waals surface area contributed by atoms with Crippen LogP contribution in [0.1, 0.15) is 46.0 Å². The number of carboxylic acids is 1. The van der Waals surface area contributed by atoms with E-state index in [9.17, 15) is 9.59 Å². The molecule has 18 heavy (non-hydrogen) atoms. The van der Waals surface area contributed by atoms with Gasteiger partial charge in [-0.25, -0.2) is 4.79 Å². The Kier molecular flexibility index (Phi) is 6.12. The van der Waals surface area contributed by atoms with Gasteiger partial charge in [0.25, 0.3) is 0 Å². The lowest BCUT2D eigenvalue weighted by atomic mass is 9.98. The predicted molar refractivity (Wildman–Crippen MR) is 67.2 cm³/mol. The maximum atomic E-state index is 11.8. The van der Waals surface area contributed by atoms with Gasteiger partial charge in [0.1, 0.15) is 6.04 Å². The molecule has 1 heterocycles. The van der Waals surface area contributed by atoms with Crippen LogP contribution >= 0.6 is 0 Å². The third kappa shape index (κ3) is 4.64. The normalized spacial score (nSPS) is 23.1. The second-order valence-corrected chi connectivity index (χ2v) is 4.96. The highest BCUT2D eigenvalue weighted by atomic mass is 16.5. The first kappa shape index (κ1) is 15.0. The Morgan fingerprint density at radius 1 is 1.44 bits per heavy atom. The number of nitrogens with one attached hydrogen (secondary N) is 1. The molecule has 0 spiro atoms. The van der Waals surface area contributed by atoms with E-state index in [0.717, 1.165) is 25.7 Å². The molecule has 1 aliphatic heterocycles. The number of amides is 1. The average Bonchev–Trinajstić information content (AvgIpc) is 2.36. The molecule has 1 saturated heterocycles. The van der Waals surface area contributed by atoms with Gasteiger partial charge in [-0.2, -0.15) is 0 Å². The zero-order valence-electron chi connectivity index (χ0n) is 11.1. The fourth-order valence-corrected chi connectivity index (χ4v) is 2.09. The molecule has 1 fully saturated rings. The minimum absolute atomic E-state index is 0.0508. The van der Waals surface area contributed by atoms with Crippen molar-refractivity contribution in [3.63, 3.8) is 0 Å².